The summed E-state index contributed by atoms with van der Waals surface area (Å²) in [5, 5.41) is 4.73. The molecule has 0 aliphatic rings. The van der Waals surface area contributed by atoms with E-state index < -0.39 is 0 Å². The van der Waals surface area contributed by atoms with E-state index in [1.807, 2.05) is 30.6 Å². The van der Waals surface area contributed by atoms with Crippen molar-refractivity contribution in [2.45, 2.75) is 27.7 Å². The Morgan fingerprint density at radius 1 is 0.588 bits per heavy atom. The van der Waals surface area contributed by atoms with E-state index in [4.69, 9.17) is 9.97 Å². The van der Waals surface area contributed by atoms with Gasteiger partial charge in [-0.2, -0.15) is 0 Å². The molecular formula is C31H25N3. The molecule has 0 aliphatic heterocycles. The average molecular weight is 440 g/mol. The van der Waals surface area contributed by atoms with Gasteiger partial charge in [0, 0.05) is 34.3 Å². The maximum absolute atomic E-state index is 5.22. The largest absolute Gasteiger partial charge is 0.256 e. The van der Waals surface area contributed by atoms with E-state index in [-0.39, 0.29) is 0 Å². The van der Waals surface area contributed by atoms with Crippen LogP contribution in [0.5, 0.6) is 0 Å². The molecule has 0 spiro atoms. The minimum absolute atomic E-state index is 0.973. The Balaban J connectivity index is 1.59. The lowest BCUT2D eigenvalue weighted by molar-refractivity contribution is 1.25. The van der Waals surface area contributed by atoms with E-state index >= 15 is 0 Å². The van der Waals surface area contributed by atoms with Gasteiger partial charge in [-0.1, -0.05) is 42.5 Å². The molecule has 3 nitrogen and oxygen atoms in total. The molecule has 0 radical (unpaired) electrons. The molecule has 3 aromatic heterocycles. The molecule has 0 N–H and O–H groups in total. The molecule has 34 heavy (non-hydrogen) atoms. The SMILES string of the molecule is Cc1cnc2c(ccc3c(C)c(C)c(-c4ccc5ccc(-c6ccccn6)cc5c4)nc32)c1C. The molecule has 6 aromatic rings. The maximum Gasteiger partial charge on any atom is 0.0975 e. The van der Waals surface area contributed by atoms with Gasteiger partial charge in [-0.05, 0) is 85.0 Å². The molecule has 164 valence electrons. The molecule has 0 unspecified atom stereocenters. The quantitative estimate of drug-likeness (QED) is 0.257. The van der Waals surface area contributed by atoms with Gasteiger partial charge < -0.3 is 0 Å². The third-order valence-corrected chi connectivity index (χ3v) is 7.15. The van der Waals surface area contributed by atoms with Crippen LogP contribution in [0, 0.1) is 27.7 Å². The third kappa shape index (κ3) is 3.16. The maximum atomic E-state index is 5.22. The first kappa shape index (κ1) is 20.5. The summed E-state index contributed by atoms with van der Waals surface area (Å²) in [7, 11) is 0. The molecule has 0 bridgehead atoms. The predicted molar refractivity (Wildman–Crippen MR) is 142 cm³/mol. The minimum Gasteiger partial charge on any atom is -0.256 e. The number of hydrogen-bond donors (Lipinski definition) is 0. The van der Waals surface area contributed by atoms with Crippen molar-refractivity contribution in [3.8, 4) is 22.5 Å². The second kappa shape index (κ2) is 7.74. The first-order valence-electron chi connectivity index (χ1n) is 11.6. The molecule has 0 aliphatic carbocycles. The number of aromatic nitrogens is 3. The number of aryl methyl sites for hydroxylation is 3. The summed E-state index contributed by atoms with van der Waals surface area (Å²) < 4.78 is 0. The van der Waals surface area contributed by atoms with Crippen LogP contribution < -0.4 is 0 Å². The van der Waals surface area contributed by atoms with Crippen molar-refractivity contribution in [3.05, 3.63) is 101 Å². The molecule has 0 amide bonds. The lowest BCUT2D eigenvalue weighted by atomic mass is 9.95. The fourth-order valence-electron chi connectivity index (χ4n) is 4.84. The molecule has 3 heterocycles. The van der Waals surface area contributed by atoms with Crippen LogP contribution in [-0.2, 0) is 0 Å². The molecule has 3 aromatic carbocycles. The van der Waals surface area contributed by atoms with Crippen LogP contribution in [0.2, 0.25) is 0 Å². The van der Waals surface area contributed by atoms with Gasteiger partial charge >= 0.3 is 0 Å². The Labute approximate surface area is 199 Å². The van der Waals surface area contributed by atoms with Crippen LogP contribution in [0.15, 0.2) is 79.1 Å². The molecule has 0 saturated carbocycles. The zero-order chi connectivity index (χ0) is 23.4. The molecule has 3 heteroatoms. The van der Waals surface area contributed by atoms with Gasteiger partial charge in [-0.3, -0.25) is 9.97 Å². The monoisotopic (exact) mass is 439 g/mol. The van der Waals surface area contributed by atoms with Crippen LogP contribution >= 0.6 is 0 Å². The topological polar surface area (TPSA) is 38.7 Å². The number of pyridine rings is 3. The van der Waals surface area contributed by atoms with Gasteiger partial charge in [-0.15, -0.1) is 0 Å². The van der Waals surface area contributed by atoms with Crippen molar-refractivity contribution in [2.75, 3.05) is 0 Å². The first-order chi connectivity index (χ1) is 16.5. The Hall–Kier alpha value is -4.11. The number of hydrogen-bond acceptors (Lipinski definition) is 3. The van der Waals surface area contributed by atoms with Gasteiger partial charge in [0.25, 0.3) is 0 Å². The second-order valence-corrected chi connectivity index (χ2v) is 9.13. The highest BCUT2D eigenvalue weighted by molar-refractivity contribution is 6.06. The lowest BCUT2D eigenvalue weighted by Crippen LogP contribution is -1.97. The number of benzene rings is 3. The van der Waals surface area contributed by atoms with E-state index in [0.29, 0.717) is 0 Å². The highest BCUT2D eigenvalue weighted by atomic mass is 14.8. The van der Waals surface area contributed by atoms with E-state index in [2.05, 4.69) is 81.2 Å². The van der Waals surface area contributed by atoms with Crippen molar-refractivity contribution < 1.29 is 0 Å². The van der Waals surface area contributed by atoms with E-state index in [0.717, 1.165) is 33.5 Å². The third-order valence-electron chi connectivity index (χ3n) is 7.15. The summed E-state index contributed by atoms with van der Waals surface area (Å²) in [6.45, 7) is 8.63. The number of nitrogens with zero attached hydrogens (tertiary/aromatic N) is 3. The molecule has 0 fully saturated rings. The summed E-state index contributed by atoms with van der Waals surface area (Å²) in [5.74, 6) is 0. The van der Waals surface area contributed by atoms with Crippen molar-refractivity contribution in [3.63, 3.8) is 0 Å². The fraction of sp³-hybridized carbons (Fsp3) is 0.129. The minimum atomic E-state index is 0.973. The highest BCUT2D eigenvalue weighted by Gasteiger charge is 2.15. The summed E-state index contributed by atoms with van der Waals surface area (Å²) in [5.41, 5.74) is 11.1. The van der Waals surface area contributed by atoms with Crippen molar-refractivity contribution in [2.24, 2.45) is 0 Å². The highest BCUT2D eigenvalue weighted by Crippen LogP contribution is 2.35. The van der Waals surface area contributed by atoms with Crippen molar-refractivity contribution in [1.82, 2.24) is 15.0 Å². The summed E-state index contributed by atoms with van der Waals surface area (Å²) in [6.07, 6.45) is 3.80. The molecule has 0 atom stereocenters. The molecular weight excluding hydrogens is 414 g/mol. The Kier molecular flexibility index (Phi) is 4.66. The fourth-order valence-corrected chi connectivity index (χ4v) is 4.84. The predicted octanol–water partition coefficient (Wildman–Crippen LogP) is 7.90. The Morgan fingerprint density at radius 2 is 1.32 bits per heavy atom. The number of fused-ring (bicyclic) bond motifs is 4. The summed E-state index contributed by atoms with van der Waals surface area (Å²) in [6, 6.07) is 23.5. The van der Waals surface area contributed by atoms with E-state index in [9.17, 15) is 0 Å². The second-order valence-electron chi connectivity index (χ2n) is 9.13. The lowest BCUT2D eigenvalue weighted by Gasteiger charge is -2.15. The van der Waals surface area contributed by atoms with Gasteiger partial charge in [0.05, 0.1) is 22.4 Å². The van der Waals surface area contributed by atoms with Gasteiger partial charge in [0.2, 0.25) is 0 Å². The zero-order valence-electron chi connectivity index (χ0n) is 19.8. The van der Waals surface area contributed by atoms with Gasteiger partial charge in [0.15, 0.2) is 0 Å². The van der Waals surface area contributed by atoms with Crippen molar-refractivity contribution >= 4 is 32.6 Å². The van der Waals surface area contributed by atoms with Crippen LogP contribution in [0.25, 0.3) is 55.1 Å². The Morgan fingerprint density at radius 3 is 2.09 bits per heavy atom. The molecule has 0 saturated heterocycles. The standard InChI is InChI=1S/C31H25N3/c1-18-17-33-30-26(19(18)2)12-13-27-20(3)21(4)29(34-31(27)30)24-11-9-22-8-10-23(15-25(22)16-24)28-7-5-6-14-32-28/h5-17H,1-4H3. The molecule has 6 rings (SSSR count). The Bertz CT molecular complexity index is 1730. The average Bonchev–Trinajstić information content (AvgIpc) is 2.88. The van der Waals surface area contributed by atoms with Crippen molar-refractivity contribution in [1.29, 1.82) is 0 Å². The zero-order valence-corrected chi connectivity index (χ0v) is 19.8. The first-order valence-corrected chi connectivity index (χ1v) is 11.6. The van der Waals surface area contributed by atoms with Crippen LogP contribution in [0.1, 0.15) is 22.3 Å². The van der Waals surface area contributed by atoms with Crippen LogP contribution in [0.3, 0.4) is 0 Å². The number of rotatable bonds is 2. The normalized spacial score (nSPS) is 11.5. The summed E-state index contributed by atoms with van der Waals surface area (Å²) in [4.78, 5) is 14.5. The summed E-state index contributed by atoms with van der Waals surface area (Å²) >= 11 is 0. The smallest absolute Gasteiger partial charge is 0.0975 e. The van der Waals surface area contributed by atoms with E-state index in [1.165, 1.54) is 43.8 Å². The van der Waals surface area contributed by atoms with Crippen LogP contribution in [-0.4, -0.2) is 15.0 Å². The van der Waals surface area contributed by atoms with Crippen LogP contribution in [0.4, 0.5) is 0 Å². The van der Waals surface area contributed by atoms with Gasteiger partial charge in [-0.25, -0.2) is 4.98 Å². The van der Waals surface area contributed by atoms with E-state index in [1.54, 1.807) is 0 Å². The van der Waals surface area contributed by atoms with Gasteiger partial charge in [0.1, 0.15) is 0 Å².